The first-order chi connectivity index (χ1) is 7.92. The van der Waals surface area contributed by atoms with E-state index in [9.17, 15) is 13.2 Å². The number of piperidine rings is 1. The SMILES string of the molecule is CCC1CCN(S(=O)(=O)CC#N)C(C(=O)O)C1. The number of carbonyl (C=O) groups is 1. The molecule has 1 fully saturated rings. The van der Waals surface area contributed by atoms with Gasteiger partial charge in [-0.15, -0.1) is 0 Å². The van der Waals surface area contributed by atoms with Crippen LogP contribution in [0.3, 0.4) is 0 Å². The molecule has 1 saturated heterocycles. The number of hydrogen-bond donors (Lipinski definition) is 1. The monoisotopic (exact) mass is 260 g/mol. The highest BCUT2D eigenvalue weighted by Crippen LogP contribution is 2.27. The summed E-state index contributed by atoms with van der Waals surface area (Å²) < 4.78 is 24.4. The summed E-state index contributed by atoms with van der Waals surface area (Å²) in [7, 11) is -3.77. The van der Waals surface area contributed by atoms with Crippen LogP contribution in [0.5, 0.6) is 0 Å². The topological polar surface area (TPSA) is 98.5 Å². The standard InChI is InChI=1S/C10H16N2O4S/c1-2-8-3-5-12(9(7-8)10(13)14)17(15,16)6-4-11/h8-9H,2-3,5-7H2,1H3,(H,13,14). The third kappa shape index (κ3) is 3.17. The second kappa shape index (κ2) is 5.47. The van der Waals surface area contributed by atoms with Crippen LogP contribution in [0.4, 0.5) is 0 Å². The van der Waals surface area contributed by atoms with Gasteiger partial charge in [-0.3, -0.25) is 4.79 Å². The summed E-state index contributed by atoms with van der Waals surface area (Å²) in [6.07, 6.45) is 1.83. The van der Waals surface area contributed by atoms with E-state index >= 15 is 0 Å². The van der Waals surface area contributed by atoms with Crippen LogP contribution in [-0.2, 0) is 14.8 Å². The third-order valence-electron chi connectivity index (χ3n) is 3.13. The van der Waals surface area contributed by atoms with Crippen molar-refractivity contribution in [1.82, 2.24) is 4.31 Å². The Morgan fingerprint density at radius 3 is 2.71 bits per heavy atom. The number of nitrogens with zero attached hydrogens (tertiary/aromatic N) is 2. The van der Waals surface area contributed by atoms with Gasteiger partial charge in [0.25, 0.3) is 0 Å². The van der Waals surface area contributed by atoms with Crippen LogP contribution < -0.4 is 0 Å². The van der Waals surface area contributed by atoms with Gasteiger partial charge in [-0.2, -0.15) is 9.57 Å². The molecule has 0 radical (unpaired) electrons. The van der Waals surface area contributed by atoms with Gasteiger partial charge >= 0.3 is 5.97 Å². The molecule has 1 aliphatic rings. The smallest absolute Gasteiger partial charge is 0.322 e. The average molecular weight is 260 g/mol. The van der Waals surface area contributed by atoms with Crippen LogP contribution in [0.2, 0.25) is 0 Å². The lowest BCUT2D eigenvalue weighted by Gasteiger charge is -2.35. The molecule has 1 aliphatic heterocycles. The highest BCUT2D eigenvalue weighted by Gasteiger charge is 2.39. The van der Waals surface area contributed by atoms with E-state index < -0.39 is 27.8 Å². The van der Waals surface area contributed by atoms with Crippen molar-refractivity contribution in [3.05, 3.63) is 0 Å². The van der Waals surface area contributed by atoms with Crippen molar-refractivity contribution in [3.8, 4) is 6.07 Å². The van der Waals surface area contributed by atoms with Crippen LogP contribution >= 0.6 is 0 Å². The molecular weight excluding hydrogens is 244 g/mol. The maximum atomic E-state index is 11.7. The van der Waals surface area contributed by atoms with E-state index in [1.54, 1.807) is 6.07 Å². The maximum Gasteiger partial charge on any atom is 0.322 e. The van der Waals surface area contributed by atoms with E-state index in [1.807, 2.05) is 6.92 Å². The summed E-state index contributed by atoms with van der Waals surface area (Å²) in [6, 6.07) is 0.546. The Bertz CT molecular complexity index is 426. The van der Waals surface area contributed by atoms with Crippen molar-refractivity contribution in [2.24, 2.45) is 5.92 Å². The summed E-state index contributed by atoms with van der Waals surface area (Å²) in [5, 5.41) is 17.5. The first-order valence-electron chi connectivity index (χ1n) is 5.51. The summed E-state index contributed by atoms with van der Waals surface area (Å²) in [4.78, 5) is 11.1. The van der Waals surface area contributed by atoms with Crippen LogP contribution in [0, 0.1) is 17.2 Å². The predicted octanol–water partition coefficient (Wildman–Crippen LogP) is 0.415. The van der Waals surface area contributed by atoms with Crippen LogP contribution in [0.1, 0.15) is 26.2 Å². The fourth-order valence-electron chi connectivity index (χ4n) is 2.11. The lowest BCUT2D eigenvalue weighted by atomic mass is 9.90. The molecular formula is C10H16N2O4S. The fraction of sp³-hybridized carbons (Fsp3) is 0.800. The highest BCUT2D eigenvalue weighted by molar-refractivity contribution is 7.89. The average Bonchev–Trinajstić information content (AvgIpc) is 2.28. The van der Waals surface area contributed by atoms with E-state index in [0.29, 0.717) is 12.8 Å². The van der Waals surface area contributed by atoms with Crippen molar-refractivity contribution >= 4 is 16.0 Å². The second-order valence-electron chi connectivity index (χ2n) is 4.18. The molecule has 2 unspecified atom stereocenters. The maximum absolute atomic E-state index is 11.7. The van der Waals surface area contributed by atoms with E-state index in [1.165, 1.54) is 0 Å². The second-order valence-corrected chi connectivity index (χ2v) is 6.10. The zero-order valence-corrected chi connectivity index (χ0v) is 10.5. The van der Waals surface area contributed by atoms with Crippen molar-refractivity contribution in [3.63, 3.8) is 0 Å². The molecule has 6 nitrogen and oxygen atoms in total. The molecule has 0 bridgehead atoms. The Hall–Kier alpha value is -1.13. The molecule has 2 atom stereocenters. The van der Waals surface area contributed by atoms with Gasteiger partial charge in [0.15, 0.2) is 5.75 Å². The Morgan fingerprint density at radius 1 is 1.59 bits per heavy atom. The van der Waals surface area contributed by atoms with Crippen molar-refractivity contribution < 1.29 is 18.3 Å². The quantitative estimate of drug-likeness (QED) is 0.789. The third-order valence-corrected chi connectivity index (χ3v) is 4.77. The molecule has 1 rings (SSSR count). The van der Waals surface area contributed by atoms with E-state index in [-0.39, 0.29) is 12.5 Å². The number of hydrogen-bond acceptors (Lipinski definition) is 4. The normalized spacial score (nSPS) is 26.4. The Morgan fingerprint density at radius 2 is 2.24 bits per heavy atom. The summed E-state index contributed by atoms with van der Waals surface area (Å²) >= 11 is 0. The Labute approximate surface area is 101 Å². The minimum atomic E-state index is -3.77. The molecule has 96 valence electrons. The zero-order valence-electron chi connectivity index (χ0n) is 9.66. The molecule has 0 amide bonds. The molecule has 17 heavy (non-hydrogen) atoms. The molecule has 0 spiro atoms. The van der Waals surface area contributed by atoms with Gasteiger partial charge in [0.05, 0.1) is 6.07 Å². The highest BCUT2D eigenvalue weighted by atomic mass is 32.2. The van der Waals surface area contributed by atoms with Gasteiger partial charge in [-0.25, -0.2) is 8.42 Å². The lowest BCUT2D eigenvalue weighted by molar-refractivity contribution is -0.143. The molecule has 0 aromatic carbocycles. The largest absolute Gasteiger partial charge is 0.480 e. The predicted molar refractivity (Wildman–Crippen MR) is 60.5 cm³/mol. The molecule has 0 aromatic heterocycles. The summed E-state index contributed by atoms with van der Waals surface area (Å²) in [5.74, 6) is -1.55. The molecule has 0 aromatic rings. The van der Waals surface area contributed by atoms with E-state index in [4.69, 9.17) is 10.4 Å². The Balaban J connectivity index is 2.92. The van der Waals surface area contributed by atoms with Gasteiger partial charge in [0.2, 0.25) is 10.0 Å². The van der Waals surface area contributed by atoms with E-state index in [0.717, 1.165) is 10.7 Å². The van der Waals surface area contributed by atoms with Gasteiger partial charge in [-0.1, -0.05) is 13.3 Å². The minimum Gasteiger partial charge on any atom is -0.480 e. The first kappa shape index (κ1) is 13.9. The van der Waals surface area contributed by atoms with Gasteiger partial charge in [0, 0.05) is 6.54 Å². The first-order valence-corrected chi connectivity index (χ1v) is 7.12. The number of rotatable bonds is 4. The molecule has 7 heteroatoms. The molecule has 0 aliphatic carbocycles. The number of nitriles is 1. The van der Waals surface area contributed by atoms with Crippen LogP contribution in [-0.4, -0.2) is 42.1 Å². The fourth-order valence-corrected chi connectivity index (χ4v) is 3.39. The summed E-state index contributed by atoms with van der Waals surface area (Å²) in [5.41, 5.74) is 0. The number of carboxylic acid groups (broad SMARTS) is 1. The van der Waals surface area contributed by atoms with Crippen molar-refractivity contribution in [1.29, 1.82) is 5.26 Å². The summed E-state index contributed by atoms with van der Waals surface area (Å²) in [6.45, 7) is 2.16. The molecule has 1 N–H and O–H groups in total. The minimum absolute atomic E-state index is 0.194. The molecule has 1 heterocycles. The van der Waals surface area contributed by atoms with Crippen molar-refractivity contribution in [2.45, 2.75) is 32.2 Å². The van der Waals surface area contributed by atoms with Gasteiger partial charge < -0.3 is 5.11 Å². The molecule has 0 saturated carbocycles. The van der Waals surface area contributed by atoms with Crippen LogP contribution in [0.15, 0.2) is 0 Å². The lowest BCUT2D eigenvalue weighted by Crippen LogP contribution is -2.50. The number of carboxylic acids is 1. The number of sulfonamides is 1. The van der Waals surface area contributed by atoms with Crippen LogP contribution in [0.25, 0.3) is 0 Å². The van der Waals surface area contributed by atoms with Gasteiger partial charge in [0.1, 0.15) is 6.04 Å². The zero-order chi connectivity index (χ0) is 13.1. The van der Waals surface area contributed by atoms with E-state index in [2.05, 4.69) is 0 Å². The van der Waals surface area contributed by atoms with Gasteiger partial charge in [-0.05, 0) is 18.8 Å². The van der Waals surface area contributed by atoms with Crippen molar-refractivity contribution in [2.75, 3.05) is 12.3 Å². The Kier molecular flexibility index (Phi) is 4.48. The number of aliphatic carboxylic acids is 1.